The van der Waals surface area contributed by atoms with Crippen LogP contribution in [0.1, 0.15) is 0 Å². The number of rotatable bonds is 1. The first-order valence-electron chi connectivity index (χ1n) is 2.52. The summed E-state index contributed by atoms with van der Waals surface area (Å²) in [7, 11) is 2.64. The quantitative estimate of drug-likeness (QED) is 0.556. The van der Waals surface area contributed by atoms with E-state index in [0.29, 0.717) is 0 Å². The second kappa shape index (κ2) is 3.06. The van der Waals surface area contributed by atoms with Crippen LogP contribution in [0.4, 0.5) is 0 Å². The summed E-state index contributed by atoms with van der Waals surface area (Å²) in [6.45, 7) is 0. The molecule has 0 spiro atoms. The van der Waals surface area contributed by atoms with Gasteiger partial charge in [-0.15, -0.1) is 9.24 Å². The molecule has 0 bridgehead atoms. The summed E-state index contributed by atoms with van der Waals surface area (Å²) >= 11 is 0. The first-order chi connectivity index (χ1) is 4.33. The van der Waals surface area contributed by atoms with Crippen molar-refractivity contribution in [3.05, 3.63) is 24.3 Å². The van der Waals surface area contributed by atoms with Gasteiger partial charge in [0.15, 0.2) is 8.46 Å². The van der Waals surface area contributed by atoms with Gasteiger partial charge in [0.05, 0.1) is 0 Å². The third-order valence-electron chi connectivity index (χ3n) is 0.976. The van der Waals surface area contributed by atoms with Crippen molar-refractivity contribution in [1.29, 1.82) is 0 Å². The van der Waals surface area contributed by atoms with E-state index in [1.54, 1.807) is 0 Å². The molecular weight excluding hydrogens is 150 g/mol. The lowest BCUT2D eigenvalue weighted by molar-refractivity contribution is 0.603. The molecule has 1 unspecified atom stereocenters. The highest BCUT2D eigenvalue weighted by molar-refractivity contribution is 7.34. The lowest BCUT2D eigenvalue weighted by atomic mass is 10.4. The predicted molar refractivity (Wildman–Crippen MR) is 43.0 cm³/mol. The van der Waals surface area contributed by atoms with E-state index in [1.165, 1.54) is 0 Å². The molecule has 0 amide bonds. The Labute approximate surface area is 57.9 Å². The largest absolute Gasteiger partial charge is 0.269 e. The van der Waals surface area contributed by atoms with Crippen molar-refractivity contribution in [2.24, 2.45) is 0 Å². The summed E-state index contributed by atoms with van der Waals surface area (Å²) in [6.07, 6.45) is 0. The number of benzene rings is 1. The summed E-state index contributed by atoms with van der Waals surface area (Å²) in [5, 5.41) is 1.89. The molecule has 0 saturated carbocycles. The summed E-state index contributed by atoms with van der Waals surface area (Å²) in [5.74, 6) is 0. The second-order valence-electron chi connectivity index (χ2n) is 1.69. The summed E-state index contributed by atoms with van der Waals surface area (Å²) < 4.78 is 10.2. The zero-order valence-electron chi connectivity index (χ0n) is 4.74. The van der Waals surface area contributed by atoms with Gasteiger partial charge in [-0.1, -0.05) is 12.1 Å². The van der Waals surface area contributed by atoms with E-state index in [1.807, 2.05) is 24.3 Å². The van der Waals surface area contributed by atoms with Crippen molar-refractivity contribution in [1.82, 2.24) is 0 Å². The van der Waals surface area contributed by atoms with E-state index < -0.39 is 0 Å². The maximum Gasteiger partial charge on any atom is 0.192 e. The Morgan fingerprint density at radius 3 is 2.67 bits per heavy atom. The van der Waals surface area contributed by atoms with Crippen LogP contribution in [-0.4, -0.2) is 0 Å². The number of hydrogen-bond acceptors (Lipinski definition) is 1. The maximum absolute atomic E-state index is 10.2. The van der Waals surface area contributed by atoms with Crippen molar-refractivity contribution in [3.8, 4) is 0 Å². The maximum atomic E-state index is 10.2. The van der Waals surface area contributed by atoms with Gasteiger partial charge in [0, 0.05) is 5.30 Å². The minimum Gasteiger partial charge on any atom is -0.269 e. The van der Waals surface area contributed by atoms with E-state index in [4.69, 9.17) is 0 Å². The van der Waals surface area contributed by atoms with Crippen molar-refractivity contribution in [2.75, 3.05) is 0 Å². The van der Waals surface area contributed by atoms with Gasteiger partial charge in [0.1, 0.15) is 0 Å². The van der Waals surface area contributed by atoms with Gasteiger partial charge >= 0.3 is 0 Å². The molecule has 1 aromatic rings. The van der Waals surface area contributed by atoms with Crippen LogP contribution in [0.15, 0.2) is 24.3 Å². The van der Waals surface area contributed by atoms with Crippen LogP contribution in [0.3, 0.4) is 0 Å². The molecule has 46 valence electrons. The Morgan fingerprint density at radius 1 is 1.44 bits per heavy atom. The third-order valence-corrected chi connectivity index (χ3v) is 1.82. The van der Waals surface area contributed by atoms with Gasteiger partial charge in [-0.25, -0.2) is 0 Å². The Bertz CT molecular complexity index is 222. The molecule has 1 rings (SSSR count). The molecular formula is C6H6OP2. The SMILES string of the molecule is O=Pc1cccc(P)c1. The normalized spacial score (nSPS) is 9.89. The fraction of sp³-hybridized carbons (Fsp3) is 0. The van der Waals surface area contributed by atoms with Crippen LogP contribution in [-0.2, 0) is 4.57 Å². The topological polar surface area (TPSA) is 17.1 Å². The molecule has 0 heterocycles. The van der Waals surface area contributed by atoms with E-state index in [2.05, 4.69) is 9.24 Å². The average molecular weight is 156 g/mol. The highest BCUT2D eigenvalue weighted by atomic mass is 31.1. The van der Waals surface area contributed by atoms with Gasteiger partial charge in [-0.3, -0.25) is 4.57 Å². The Morgan fingerprint density at radius 2 is 2.22 bits per heavy atom. The summed E-state index contributed by atoms with van der Waals surface area (Å²) in [4.78, 5) is 0. The third kappa shape index (κ3) is 1.86. The smallest absolute Gasteiger partial charge is 0.192 e. The fourth-order valence-electron chi connectivity index (χ4n) is 0.582. The van der Waals surface area contributed by atoms with E-state index in [9.17, 15) is 4.57 Å². The second-order valence-corrected chi connectivity index (χ2v) is 3.05. The molecule has 0 aliphatic heterocycles. The molecule has 3 heteroatoms. The van der Waals surface area contributed by atoms with Crippen molar-refractivity contribution in [2.45, 2.75) is 0 Å². The molecule has 1 atom stereocenters. The van der Waals surface area contributed by atoms with Crippen LogP contribution in [0.5, 0.6) is 0 Å². The van der Waals surface area contributed by atoms with Crippen LogP contribution in [0, 0.1) is 0 Å². The minimum atomic E-state index is 0.0914. The van der Waals surface area contributed by atoms with Crippen LogP contribution >= 0.6 is 17.7 Å². The molecule has 0 fully saturated rings. The first-order valence-corrected chi connectivity index (χ1v) is 3.91. The average Bonchev–Trinajstić information content (AvgIpc) is 1.88. The van der Waals surface area contributed by atoms with E-state index in [-0.39, 0.29) is 8.46 Å². The molecule has 1 aromatic carbocycles. The summed E-state index contributed by atoms with van der Waals surface area (Å²) in [6, 6.07) is 7.50. The van der Waals surface area contributed by atoms with Crippen molar-refractivity contribution >= 4 is 28.3 Å². The highest BCUT2D eigenvalue weighted by Crippen LogP contribution is 1.94. The summed E-state index contributed by atoms with van der Waals surface area (Å²) in [5.41, 5.74) is 0. The predicted octanol–water partition coefficient (Wildman–Crippen LogP) is 1.10. The number of hydrogen-bond donors (Lipinski definition) is 0. The zero-order chi connectivity index (χ0) is 6.69. The zero-order valence-corrected chi connectivity index (χ0v) is 6.79. The van der Waals surface area contributed by atoms with Gasteiger partial charge in [0.2, 0.25) is 0 Å². The standard InChI is InChI=1S/C6H6OP2/c7-9-6-3-1-2-5(8)4-6/h1-4H,8H2. The first kappa shape index (κ1) is 6.86. The minimum absolute atomic E-state index is 0.0914. The Hall–Kier alpha value is -0.250. The fourth-order valence-corrected chi connectivity index (χ4v) is 1.36. The molecule has 1 nitrogen and oxygen atoms in total. The van der Waals surface area contributed by atoms with E-state index >= 15 is 0 Å². The lowest BCUT2D eigenvalue weighted by Gasteiger charge is -1.88. The molecule has 0 aliphatic rings. The Balaban J connectivity index is 3.07. The monoisotopic (exact) mass is 156 g/mol. The van der Waals surface area contributed by atoms with Crippen LogP contribution < -0.4 is 10.6 Å². The van der Waals surface area contributed by atoms with Crippen molar-refractivity contribution < 1.29 is 4.57 Å². The van der Waals surface area contributed by atoms with E-state index in [0.717, 1.165) is 10.6 Å². The van der Waals surface area contributed by atoms with Gasteiger partial charge in [-0.2, -0.15) is 0 Å². The molecule has 0 aliphatic carbocycles. The van der Waals surface area contributed by atoms with Gasteiger partial charge in [0.25, 0.3) is 0 Å². The van der Waals surface area contributed by atoms with Gasteiger partial charge in [-0.05, 0) is 17.4 Å². The van der Waals surface area contributed by atoms with Crippen molar-refractivity contribution in [3.63, 3.8) is 0 Å². The lowest BCUT2D eigenvalue weighted by Crippen LogP contribution is -1.98. The molecule has 0 N–H and O–H groups in total. The molecule has 0 aromatic heterocycles. The Kier molecular flexibility index (Phi) is 2.33. The van der Waals surface area contributed by atoms with Gasteiger partial charge < -0.3 is 0 Å². The molecule has 0 radical (unpaired) electrons. The molecule has 0 saturated heterocycles. The van der Waals surface area contributed by atoms with Crippen LogP contribution in [0.25, 0.3) is 0 Å². The highest BCUT2D eigenvalue weighted by Gasteiger charge is 1.87. The molecule has 9 heavy (non-hydrogen) atoms. The van der Waals surface area contributed by atoms with Crippen LogP contribution in [0.2, 0.25) is 0 Å².